The van der Waals surface area contributed by atoms with Crippen LogP contribution >= 0.6 is 0 Å². The van der Waals surface area contributed by atoms with E-state index in [0.717, 1.165) is 83.9 Å². The van der Waals surface area contributed by atoms with Crippen molar-refractivity contribution in [1.29, 1.82) is 0 Å². The van der Waals surface area contributed by atoms with Crippen LogP contribution in [0.15, 0.2) is 138 Å². The van der Waals surface area contributed by atoms with Gasteiger partial charge in [-0.25, -0.2) is 4.99 Å². The molecular formula is C55H60N2O2. The number of allylic oxidation sites excluding steroid dienone is 2. The molecule has 1 aliphatic heterocycles. The van der Waals surface area contributed by atoms with Crippen molar-refractivity contribution in [2.45, 2.75) is 105 Å². The third-order valence-corrected chi connectivity index (χ3v) is 11.5. The highest BCUT2D eigenvalue weighted by Crippen LogP contribution is 2.46. The highest BCUT2D eigenvalue weighted by molar-refractivity contribution is 6.14. The summed E-state index contributed by atoms with van der Waals surface area (Å²) in [5.74, 6) is 0.546. The van der Waals surface area contributed by atoms with E-state index >= 15 is 0 Å². The van der Waals surface area contributed by atoms with Crippen LogP contribution in [-0.2, 0) is 21.7 Å². The van der Waals surface area contributed by atoms with Crippen LogP contribution in [-0.4, -0.2) is 20.9 Å². The van der Waals surface area contributed by atoms with Crippen LogP contribution in [0.4, 0.5) is 0 Å². The minimum atomic E-state index is -0.282. The molecule has 0 bridgehead atoms. The molecule has 1 aromatic heterocycles. The topological polar surface area (TPSA) is 68.6 Å². The van der Waals surface area contributed by atoms with Gasteiger partial charge in [-0.3, -0.25) is 0 Å². The maximum Gasteiger partial charge on any atom is 0.128 e. The second-order valence-corrected chi connectivity index (χ2v) is 20.2. The minimum absolute atomic E-state index is 0.132. The van der Waals surface area contributed by atoms with E-state index in [1.165, 1.54) is 0 Å². The van der Waals surface area contributed by atoms with Crippen molar-refractivity contribution in [3.8, 4) is 45.0 Å². The van der Waals surface area contributed by atoms with Crippen LogP contribution in [0, 0.1) is 0 Å². The maximum atomic E-state index is 12.0. The number of phenols is 2. The number of rotatable bonds is 6. The van der Waals surface area contributed by atoms with E-state index in [1.807, 2.05) is 18.2 Å². The van der Waals surface area contributed by atoms with E-state index in [2.05, 4.69) is 197 Å². The van der Waals surface area contributed by atoms with Crippen molar-refractivity contribution in [2.24, 2.45) is 4.99 Å². The number of aromatic nitrogens is 1. The van der Waals surface area contributed by atoms with E-state index in [9.17, 15) is 10.2 Å². The van der Waals surface area contributed by atoms with Gasteiger partial charge in [0.2, 0.25) is 0 Å². The summed E-state index contributed by atoms with van der Waals surface area (Å²) in [7, 11) is 0. The number of aliphatic imine (C=N–C) groups is 1. The van der Waals surface area contributed by atoms with Gasteiger partial charge in [0.15, 0.2) is 0 Å². The zero-order chi connectivity index (χ0) is 42.7. The SMILES string of the molecule is CC(C)(C)c1cc(C2=N/C(=C(/c3ccc(-c4cc(C(C)(C)C)cc(C(C)(C)C)c4O)[nH]3)c3c(-c4ccccc4)cccc3-c3ccccc3)C=C2)c(O)c(C(C)(C)C)c1. The number of benzene rings is 5. The summed E-state index contributed by atoms with van der Waals surface area (Å²) in [5.41, 5.74) is 14.2. The number of aromatic hydroxyl groups is 2. The van der Waals surface area contributed by atoms with E-state index in [4.69, 9.17) is 4.99 Å². The summed E-state index contributed by atoms with van der Waals surface area (Å²) >= 11 is 0. The van der Waals surface area contributed by atoms with Crippen LogP contribution < -0.4 is 0 Å². The Kier molecular flexibility index (Phi) is 10.5. The van der Waals surface area contributed by atoms with Crippen molar-refractivity contribution < 1.29 is 10.2 Å². The molecular weight excluding hydrogens is 721 g/mol. The first kappa shape index (κ1) is 41.3. The molecule has 0 saturated carbocycles. The van der Waals surface area contributed by atoms with Gasteiger partial charge in [-0.05, 0) is 91.5 Å². The van der Waals surface area contributed by atoms with Crippen molar-refractivity contribution >= 4 is 11.3 Å². The van der Waals surface area contributed by atoms with Gasteiger partial charge in [0, 0.05) is 44.8 Å². The van der Waals surface area contributed by atoms with Crippen molar-refractivity contribution in [2.75, 3.05) is 0 Å². The van der Waals surface area contributed by atoms with Gasteiger partial charge in [0.25, 0.3) is 0 Å². The summed E-state index contributed by atoms with van der Waals surface area (Å²) in [5, 5.41) is 24.0. The lowest BCUT2D eigenvalue weighted by atomic mass is 9.78. The van der Waals surface area contributed by atoms with E-state index in [1.54, 1.807) is 0 Å². The summed E-state index contributed by atoms with van der Waals surface area (Å²) < 4.78 is 0. The van der Waals surface area contributed by atoms with Crippen molar-refractivity contribution in [1.82, 2.24) is 4.98 Å². The first-order valence-corrected chi connectivity index (χ1v) is 20.8. The molecule has 2 heterocycles. The van der Waals surface area contributed by atoms with Crippen LogP contribution in [0.25, 0.3) is 39.1 Å². The van der Waals surface area contributed by atoms with Gasteiger partial charge in [-0.1, -0.05) is 174 Å². The number of hydrogen-bond donors (Lipinski definition) is 3. The minimum Gasteiger partial charge on any atom is -0.507 e. The number of phenolic OH excluding ortho intramolecular Hbond substituents is 2. The first-order chi connectivity index (χ1) is 27.6. The molecule has 7 rings (SSSR count). The van der Waals surface area contributed by atoms with Gasteiger partial charge in [-0.15, -0.1) is 0 Å². The van der Waals surface area contributed by atoms with Crippen molar-refractivity contribution in [3.05, 3.63) is 172 Å². The Morgan fingerprint density at radius 3 is 1.42 bits per heavy atom. The molecule has 302 valence electrons. The zero-order valence-electron chi connectivity index (χ0n) is 37.0. The number of nitrogens with zero attached hydrogens (tertiary/aromatic N) is 1. The Balaban J connectivity index is 1.56. The fourth-order valence-electron chi connectivity index (χ4n) is 7.97. The number of aromatic amines is 1. The lowest BCUT2D eigenvalue weighted by molar-refractivity contribution is 0.443. The molecule has 0 amide bonds. The van der Waals surface area contributed by atoms with Crippen molar-refractivity contribution in [3.63, 3.8) is 0 Å². The highest BCUT2D eigenvalue weighted by Gasteiger charge is 2.30. The van der Waals surface area contributed by atoms with Gasteiger partial charge >= 0.3 is 0 Å². The Morgan fingerprint density at radius 1 is 0.475 bits per heavy atom. The lowest BCUT2D eigenvalue weighted by Gasteiger charge is -2.27. The lowest BCUT2D eigenvalue weighted by Crippen LogP contribution is -2.18. The third-order valence-electron chi connectivity index (χ3n) is 11.5. The summed E-state index contributed by atoms with van der Waals surface area (Å²) in [6.45, 7) is 26.1. The fraction of sp³-hybridized carbons (Fsp3) is 0.291. The molecule has 59 heavy (non-hydrogen) atoms. The quantitative estimate of drug-likeness (QED) is 0.158. The average Bonchev–Trinajstić information content (AvgIpc) is 3.85. The third kappa shape index (κ3) is 8.23. The first-order valence-electron chi connectivity index (χ1n) is 20.8. The molecule has 5 aromatic carbocycles. The molecule has 6 aromatic rings. The highest BCUT2D eigenvalue weighted by atomic mass is 16.3. The van der Waals surface area contributed by atoms with Gasteiger partial charge in [0.1, 0.15) is 11.5 Å². The smallest absolute Gasteiger partial charge is 0.128 e. The predicted octanol–water partition coefficient (Wildman–Crippen LogP) is 14.4. The van der Waals surface area contributed by atoms with Crippen LogP contribution in [0.1, 0.15) is 122 Å². The molecule has 1 aliphatic rings. The number of H-pyrrole nitrogens is 1. The standard InChI is InChI=1S/C55H60N2O2/c1-52(2,3)36-30-40(50(58)42(32-36)54(7,8)9)44-26-28-46(56-44)49(48-38(34-20-15-13-16-21-34)24-19-25-39(48)35-22-17-14-18-23-35)47-29-27-45(57-47)41-31-37(53(4,5)6)33-43(51(41)59)55(10,11)12/h13-33,56,58-59H,1-12H3/b49-47-. The average molecular weight is 781 g/mol. The molecule has 4 nitrogen and oxygen atoms in total. The van der Waals surface area contributed by atoms with Gasteiger partial charge in [-0.2, -0.15) is 0 Å². The van der Waals surface area contributed by atoms with E-state index < -0.39 is 0 Å². The Hall–Kier alpha value is -5.87. The molecule has 0 aliphatic carbocycles. The summed E-state index contributed by atoms with van der Waals surface area (Å²) in [4.78, 5) is 9.25. The monoisotopic (exact) mass is 780 g/mol. The molecule has 4 heteroatoms. The molecule has 0 atom stereocenters. The van der Waals surface area contributed by atoms with Gasteiger partial charge < -0.3 is 15.2 Å². The maximum absolute atomic E-state index is 12.0. The second-order valence-electron chi connectivity index (χ2n) is 20.2. The van der Waals surface area contributed by atoms with Crippen LogP contribution in [0.5, 0.6) is 11.5 Å². The second kappa shape index (κ2) is 15.1. The number of hydrogen-bond acceptors (Lipinski definition) is 3. The predicted molar refractivity (Wildman–Crippen MR) is 250 cm³/mol. The molecule has 0 saturated heterocycles. The van der Waals surface area contributed by atoms with Crippen LogP contribution in [0.3, 0.4) is 0 Å². The van der Waals surface area contributed by atoms with Gasteiger partial charge in [0.05, 0.1) is 11.4 Å². The largest absolute Gasteiger partial charge is 0.507 e. The van der Waals surface area contributed by atoms with E-state index in [0.29, 0.717) is 5.71 Å². The summed E-state index contributed by atoms with van der Waals surface area (Å²) in [6.07, 6.45) is 4.12. The molecule has 0 radical (unpaired) electrons. The molecule has 0 spiro atoms. The molecule has 0 fully saturated rings. The molecule has 3 N–H and O–H groups in total. The summed E-state index contributed by atoms with van der Waals surface area (Å²) in [6, 6.07) is 40.3. The Labute approximate surface area is 352 Å². The Bertz CT molecular complexity index is 2570. The molecule has 0 unspecified atom stereocenters. The van der Waals surface area contributed by atoms with Crippen LogP contribution in [0.2, 0.25) is 0 Å². The fourth-order valence-corrected chi connectivity index (χ4v) is 7.97. The normalized spacial score (nSPS) is 14.5. The van der Waals surface area contributed by atoms with E-state index in [-0.39, 0.29) is 33.2 Å². The number of nitrogens with one attached hydrogen (secondary N) is 1. The Morgan fingerprint density at radius 2 is 0.949 bits per heavy atom. The zero-order valence-corrected chi connectivity index (χ0v) is 37.0.